The zero-order chi connectivity index (χ0) is 12.3. The Morgan fingerprint density at radius 1 is 1.18 bits per heavy atom. The smallest absolute Gasteiger partial charge is 0.183 e. The molecule has 0 aliphatic rings. The zero-order valence-corrected chi connectivity index (χ0v) is 11.6. The fraction of sp³-hybridized carbons (Fsp3) is 0.500. The SMILES string of the molecule is CC(C)CCC(C)Nc1nc2ccccc2s1. The van der Waals surface area contributed by atoms with Gasteiger partial charge >= 0.3 is 0 Å². The summed E-state index contributed by atoms with van der Waals surface area (Å²) in [6.45, 7) is 6.77. The third-order valence-corrected chi connectivity index (χ3v) is 3.81. The molecule has 1 N–H and O–H groups in total. The van der Waals surface area contributed by atoms with Gasteiger partial charge in [-0.2, -0.15) is 0 Å². The Bertz CT molecular complexity index is 443. The average molecular weight is 248 g/mol. The first-order valence-electron chi connectivity index (χ1n) is 6.27. The first-order valence-corrected chi connectivity index (χ1v) is 7.09. The van der Waals surface area contributed by atoms with E-state index in [1.54, 1.807) is 11.3 Å². The zero-order valence-electron chi connectivity index (χ0n) is 10.7. The quantitative estimate of drug-likeness (QED) is 0.840. The van der Waals surface area contributed by atoms with Crippen LogP contribution in [0.2, 0.25) is 0 Å². The largest absolute Gasteiger partial charge is 0.359 e. The van der Waals surface area contributed by atoms with E-state index in [1.165, 1.54) is 17.5 Å². The molecule has 1 unspecified atom stereocenters. The van der Waals surface area contributed by atoms with Crippen molar-refractivity contribution in [2.75, 3.05) is 5.32 Å². The molecule has 0 saturated carbocycles. The topological polar surface area (TPSA) is 24.9 Å². The molecular formula is C14H20N2S. The van der Waals surface area contributed by atoms with Gasteiger partial charge in [-0.15, -0.1) is 0 Å². The molecule has 2 rings (SSSR count). The minimum atomic E-state index is 0.498. The van der Waals surface area contributed by atoms with Gasteiger partial charge in [0.1, 0.15) is 0 Å². The number of nitrogens with one attached hydrogen (secondary N) is 1. The van der Waals surface area contributed by atoms with Gasteiger partial charge in [0.05, 0.1) is 10.2 Å². The molecule has 3 heteroatoms. The molecule has 0 aliphatic heterocycles. The van der Waals surface area contributed by atoms with Gasteiger partial charge in [-0.1, -0.05) is 37.3 Å². The number of aromatic nitrogens is 1. The van der Waals surface area contributed by atoms with Crippen LogP contribution in [0.3, 0.4) is 0 Å². The highest BCUT2D eigenvalue weighted by molar-refractivity contribution is 7.22. The number of hydrogen-bond acceptors (Lipinski definition) is 3. The molecule has 2 nitrogen and oxygen atoms in total. The monoisotopic (exact) mass is 248 g/mol. The Morgan fingerprint density at radius 3 is 2.65 bits per heavy atom. The van der Waals surface area contributed by atoms with Crippen LogP contribution in [0, 0.1) is 5.92 Å². The Balaban J connectivity index is 1.98. The van der Waals surface area contributed by atoms with Gasteiger partial charge in [-0.05, 0) is 37.8 Å². The van der Waals surface area contributed by atoms with Crippen molar-refractivity contribution in [2.45, 2.75) is 39.7 Å². The van der Waals surface area contributed by atoms with E-state index in [0.29, 0.717) is 6.04 Å². The summed E-state index contributed by atoms with van der Waals surface area (Å²) in [4.78, 5) is 4.59. The molecule has 2 aromatic rings. The maximum Gasteiger partial charge on any atom is 0.183 e. The first kappa shape index (κ1) is 12.4. The molecule has 0 saturated heterocycles. The van der Waals surface area contributed by atoms with E-state index in [-0.39, 0.29) is 0 Å². The van der Waals surface area contributed by atoms with Crippen molar-refractivity contribution in [1.82, 2.24) is 4.98 Å². The molecule has 0 spiro atoms. The minimum absolute atomic E-state index is 0.498. The Kier molecular flexibility index (Phi) is 4.00. The van der Waals surface area contributed by atoms with Crippen LogP contribution in [0.1, 0.15) is 33.6 Å². The van der Waals surface area contributed by atoms with E-state index in [0.717, 1.165) is 16.6 Å². The number of fused-ring (bicyclic) bond motifs is 1. The molecule has 0 amide bonds. The number of nitrogens with zero attached hydrogens (tertiary/aromatic N) is 1. The molecule has 0 radical (unpaired) electrons. The maximum absolute atomic E-state index is 4.59. The molecule has 0 bridgehead atoms. The minimum Gasteiger partial charge on any atom is -0.359 e. The van der Waals surface area contributed by atoms with Gasteiger partial charge in [-0.25, -0.2) is 4.98 Å². The van der Waals surface area contributed by atoms with E-state index >= 15 is 0 Å². The summed E-state index contributed by atoms with van der Waals surface area (Å²) >= 11 is 1.74. The number of anilines is 1. The van der Waals surface area contributed by atoms with Gasteiger partial charge in [0.2, 0.25) is 0 Å². The van der Waals surface area contributed by atoms with Crippen LogP contribution in [0.25, 0.3) is 10.2 Å². The predicted molar refractivity (Wildman–Crippen MR) is 76.8 cm³/mol. The van der Waals surface area contributed by atoms with Gasteiger partial charge in [0, 0.05) is 6.04 Å². The van der Waals surface area contributed by atoms with Gasteiger partial charge in [-0.3, -0.25) is 0 Å². The highest BCUT2D eigenvalue weighted by Gasteiger charge is 2.07. The molecule has 0 aliphatic carbocycles. The standard InChI is InChI=1S/C14H20N2S/c1-10(2)8-9-11(3)15-14-16-12-6-4-5-7-13(12)17-14/h4-7,10-11H,8-9H2,1-3H3,(H,15,16). The Labute approximate surface area is 107 Å². The number of benzene rings is 1. The lowest BCUT2D eigenvalue weighted by molar-refractivity contribution is 0.527. The molecule has 17 heavy (non-hydrogen) atoms. The lowest BCUT2D eigenvalue weighted by Gasteiger charge is -2.13. The van der Waals surface area contributed by atoms with E-state index < -0.39 is 0 Å². The van der Waals surface area contributed by atoms with Crippen molar-refractivity contribution in [3.63, 3.8) is 0 Å². The Hall–Kier alpha value is -1.09. The van der Waals surface area contributed by atoms with Crippen LogP contribution < -0.4 is 5.32 Å². The van der Waals surface area contributed by atoms with E-state index in [9.17, 15) is 0 Å². The second-order valence-electron chi connectivity index (χ2n) is 5.00. The van der Waals surface area contributed by atoms with E-state index in [4.69, 9.17) is 0 Å². The number of rotatable bonds is 5. The fourth-order valence-electron chi connectivity index (χ4n) is 1.80. The molecule has 1 heterocycles. The second-order valence-corrected chi connectivity index (χ2v) is 6.03. The lowest BCUT2D eigenvalue weighted by atomic mass is 10.0. The second kappa shape index (κ2) is 5.50. The van der Waals surface area contributed by atoms with Gasteiger partial charge in [0.25, 0.3) is 0 Å². The van der Waals surface area contributed by atoms with Crippen LogP contribution in [0.4, 0.5) is 5.13 Å². The van der Waals surface area contributed by atoms with E-state index in [1.807, 2.05) is 6.07 Å². The van der Waals surface area contributed by atoms with Crippen LogP contribution >= 0.6 is 11.3 Å². The summed E-state index contributed by atoms with van der Waals surface area (Å²) in [6, 6.07) is 8.78. The number of thiazole rings is 1. The van der Waals surface area contributed by atoms with Crippen LogP contribution in [0.5, 0.6) is 0 Å². The predicted octanol–water partition coefficient (Wildman–Crippen LogP) is 4.53. The average Bonchev–Trinajstić information content (AvgIpc) is 2.68. The third-order valence-electron chi connectivity index (χ3n) is 2.84. The van der Waals surface area contributed by atoms with Crippen LogP contribution in [0.15, 0.2) is 24.3 Å². The molecule has 1 atom stereocenters. The van der Waals surface area contributed by atoms with Crippen LogP contribution in [-0.4, -0.2) is 11.0 Å². The maximum atomic E-state index is 4.59. The highest BCUT2D eigenvalue weighted by Crippen LogP contribution is 2.26. The number of hydrogen-bond donors (Lipinski definition) is 1. The first-order chi connectivity index (χ1) is 8.15. The summed E-state index contributed by atoms with van der Waals surface area (Å²) < 4.78 is 1.26. The van der Waals surface area contributed by atoms with Crippen molar-refractivity contribution >= 4 is 26.7 Å². The molecule has 1 aromatic heterocycles. The summed E-state index contributed by atoms with van der Waals surface area (Å²) in [5.74, 6) is 0.773. The normalized spacial score (nSPS) is 13.2. The summed E-state index contributed by atoms with van der Waals surface area (Å²) in [7, 11) is 0. The van der Waals surface area contributed by atoms with Crippen LogP contribution in [-0.2, 0) is 0 Å². The summed E-state index contributed by atoms with van der Waals surface area (Å²) in [5, 5.41) is 4.54. The van der Waals surface area contributed by atoms with Gasteiger partial charge < -0.3 is 5.32 Å². The van der Waals surface area contributed by atoms with Crippen molar-refractivity contribution in [2.24, 2.45) is 5.92 Å². The molecule has 1 aromatic carbocycles. The van der Waals surface area contributed by atoms with Crippen molar-refractivity contribution < 1.29 is 0 Å². The van der Waals surface area contributed by atoms with Crippen molar-refractivity contribution in [3.8, 4) is 0 Å². The third kappa shape index (κ3) is 3.43. The molecule has 0 fully saturated rings. The lowest BCUT2D eigenvalue weighted by Crippen LogP contribution is -2.15. The van der Waals surface area contributed by atoms with E-state index in [2.05, 4.69) is 49.3 Å². The van der Waals surface area contributed by atoms with Crippen molar-refractivity contribution in [3.05, 3.63) is 24.3 Å². The number of para-hydroxylation sites is 1. The summed E-state index contributed by atoms with van der Waals surface area (Å²) in [6.07, 6.45) is 2.46. The summed E-state index contributed by atoms with van der Waals surface area (Å²) in [5.41, 5.74) is 1.09. The Morgan fingerprint density at radius 2 is 1.94 bits per heavy atom. The van der Waals surface area contributed by atoms with Gasteiger partial charge in [0.15, 0.2) is 5.13 Å². The molecular weight excluding hydrogens is 228 g/mol. The molecule has 92 valence electrons. The fourth-order valence-corrected chi connectivity index (χ4v) is 2.78. The highest BCUT2D eigenvalue weighted by atomic mass is 32.1. The van der Waals surface area contributed by atoms with Crippen molar-refractivity contribution in [1.29, 1.82) is 0 Å².